The molecule has 4 rings (SSSR count). The van der Waals surface area contributed by atoms with Gasteiger partial charge in [-0.3, -0.25) is 14.9 Å². The minimum absolute atomic E-state index is 0.0348. The Labute approximate surface area is 193 Å². The van der Waals surface area contributed by atoms with Crippen molar-refractivity contribution in [1.82, 2.24) is 9.21 Å². The second kappa shape index (κ2) is 9.48. The van der Waals surface area contributed by atoms with Crippen LogP contribution in [0.2, 0.25) is 0 Å². The van der Waals surface area contributed by atoms with Crippen molar-refractivity contribution in [1.29, 1.82) is 0 Å². The number of nitrogens with zero attached hydrogens (tertiary/aromatic N) is 3. The van der Waals surface area contributed by atoms with Gasteiger partial charge in [-0.15, -0.1) is 0 Å². The summed E-state index contributed by atoms with van der Waals surface area (Å²) in [6.07, 6.45) is 4.10. The Morgan fingerprint density at radius 1 is 1.03 bits per heavy atom. The normalized spacial score (nSPS) is 16.8. The van der Waals surface area contributed by atoms with E-state index in [1.54, 1.807) is 25.1 Å². The predicted molar refractivity (Wildman–Crippen MR) is 122 cm³/mol. The van der Waals surface area contributed by atoms with E-state index in [1.807, 2.05) is 6.07 Å². The molecule has 2 aromatic rings. The zero-order chi connectivity index (χ0) is 23.6. The van der Waals surface area contributed by atoms with Crippen LogP contribution in [0, 0.1) is 17.0 Å². The van der Waals surface area contributed by atoms with Crippen molar-refractivity contribution >= 4 is 21.6 Å². The second-order valence-corrected chi connectivity index (χ2v) is 10.4. The Morgan fingerprint density at radius 3 is 2.42 bits per heavy atom. The lowest BCUT2D eigenvalue weighted by Gasteiger charge is -2.34. The molecule has 0 unspecified atom stereocenters. The molecule has 0 spiro atoms. The van der Waals surface area contributed by atoms with Crippen LogP contribution in [-0.2, 0) is 27.7 Å². The van der Waals surface area contributed by atoms with Gasteiger partial charge in [-0.25, -0.2) is 8.42 Å². The fraction of sp³-hybridized carbons (Fsp3) is 0.435. The smallest absolute Gasteiger partial charge is 0.311 e. The zero-order valence-electron chi connectivity index (χ0n) is 18.5. The Hall–Kier alpha value is -2.98. The zero-order valence-corrected chi connectivity index (χ0v) is 19.3. The third-order valence-electron chi connectivity index (χ3n) is 6.21. The highest BCUT2D eigenvalue weighted by Crippen LogP contribution is 2.28. The maximum Gasteiger partial charge on any atom is 0.311 e. The summed E-state index contributed by atoms with van der Waals surface area (Å²) in [7, 11) is -3.63. The average molecular weight is 474 g/mol. The lowest BCUT2D eigenvalue weighted by Crippen LogP contribution is -2.51. The molecule has 0 radical (unpaired) electrons. The number of ether oxygens (including phenoxy) is 1. The first kappa shape index (κ1) is 23.2. The van der Waals surface area contributed by atoms with Crippen LogP contribution in [0.5, 0.6) is 5.75 Å². The van der Waals surface area contributed by atoms with E-state index in [9.17, 15) is 23.3 Å². The molecule has 1 fully saturated rings. The number of sulfonamides is 1. The van der Waals surface area contributed by atoms with Gasteiger partial charge in [0.2, 0.25) is 10.0 Å². The third-order valence-corrected chi connectivity index (χ3v) is 8.11. The number of hydrogen-bond acceptors (Lipinski definition) is 6. The Kier molecular flexibility index (Phi) is 6.66. The van der Waals surface area contributed by atoms with Gasteiger partial charge in [-0.1, -0.05) is 12.1 Å². The molecule has 0 N–H and O–H groups in total. The van der Waals surface area contributed by atoms with Crippen molar-refractivity contribution in [2.75, 3.05) is 32.8 Å². The van der Waals surface area contributed by atoms with Gasteiger partial charge in [0.25, 0.3) is 5.91 Å². The van der Waals surface area contributed by atoms with Crippen LogP contribution in [-0.4, -0.2) is 61.2 Å². The summed E-state index contributed by atoms with van der Waals surface area (Å²) in [4.78, 5) is 25.1. The van der Waals surface area contributed by atoms with Crippen LogP contribution in [0.1, 0.15) is 29.5 Å². The summed E-state index contributed by atoms with van der Waals surface area (Å²) >= 11 is 0. The number of benzene rings is 2. The van der Waals surface area contributed by atoms with Crippen LogP contribution in [0.15, 0.2) is 41.3 Å². The third kappa shape index (κ3) is 5.01. The minimum Gasteiger partial charge on any atom is -0.477 e. The molecule has 1 heterocycles. The molecule has 1 saturated heterocycles. The van der Waals surface area contributed by atoms with Gasteiger partial charge in [-0.2, -0.15) is 4.31 Å². The van der Waals surface area contributed by atoms with Gasteiger partial charge in [-0.05, 0) is 67.5 Å². The highest BCUT2D eigenvalue weighted by molar-refractivity contribution is 7.89. The fourth-order valence-electron chi connectivity index (χ4n) is 4.32. The molecule has 1 amide bonds. The van der Waals surface area contributed by atoms with E-state index in [4.69, 9.17) is 4.74 Å². The first-order valence-corrected chi connectivity index (χ1v) is 12.5. The van der Waals surface area contributed by atoms with E-state index >= 15 is 0 Å². The molecule has 9 nitrogen and oxygen atoms in total. The fourth-order valence-corrected chi connectivity index (χ4v) is 5.79. The molecular weight excluding hydrogens is 446 g/mol. The summed E-state index contributed by atoms with van der Waals surface area (Å²) in [6, 6.07) is 9.94. The first-order valence-electron chi connectivity index (χ1n) is 11.0. The van der Waals surface area contributed by atoms with Gasteiger partial charge < -0.3 is 9.64 Å². The number of piperazine rings is 1. The molecule has 0 saturated carbocycles. The Balaban J connectivity index is 1.36. The highest BCUT2D eigenvalue weighted by atomic mass is 32.2. The lowest BCUT2D eigenvalue weighted by atomic mass is 9.92. The molecule has 1 aliphatic carbocycles. The number of aryl methyl sites for hydroxylation is 3. The summed E-state index contributed by atoms with van der Waals surface area (Å²) < 4.78 is 33.1. The molecule has 0 aromatic heterocycles. The van der Waals surface area contributed by atoms with Crippen LogP contribution in [0.25, 0.3) is 0 Å². The molecule has 0 atom stereocenters. The number of carbonyl (C=O) groups is 1. The number of rotatable bonds is 6. The van der Waals surface area contributed by atoms with Crippen molar-refractivity contribution in [2.45, 2.75) is 37.5 Å². The molecule has 2 aromatic carbocycles. The number of nitro benzene ring substituents is 1. The van der Waals surface area contributed by atoms with Gasteiger partial charge >= 0.3 is 5.69 Å². The molecule has 1 aliphatic heterocycles. The van der Waals surface area contributed by atoms with Gasteiger partial charge in [0.1, 0.15) is 0 Å². The van der Waals surface area contributed by atoms with Gasteiger partial charge in [0.05, 0.1) is 9.82 Å². The standard InChI is InChI=1S/C23H27N3O6S/c1-17-6-9-22(21(14-17)26(28)29)32-16-23(27)24-10-12-25(13-11-24)33(30,31)20-8-7-18-4-2-3-5-19(18)15-20/h6-9,14-15H,2-5,10-13,16H2,1H3. The first-order chi connectivity index (χ1) is 15.8. The largest absolute Gasteiger partial charge is 0.477 e. The molecule has 33 heavy (non-hydrogen) atoms. The monoisotopic (exact) mass is 473 g/mol. The van der Waals surface area contributed by atoms with Crippen LogP contribution < -0.4 is 4.74 Å². The Morgan fingerprint density at radius 2 is 1.73 bits per heavy atom. The lowest BCUT2D eigenvalue weighted by molar-refractivity contribution is -0.385. The molecular formula is C23H27N3O6S. The summed E-state index contributed by atoms with van der Waals surface area (Å²) in [5.41, 5.74) is 2.86. The maximum atomic E-state index is 13.1. The number of carbonyl (C=O) groups excluding carboxylic acids is 1. The highest BCUT2D eigenvalue weighted by Gasteiger charge is 2.31. The van der Waals surface area contributed by atoms with E-state index in [0.29, 0.717) is 4.90 Å². The van der Waals surface area contributed by atoms with Crippen LogP contribution >= 0.6 is 0 Å². The van der Waals surface area contributed by atoms with Gasteiger partial charge in [0, 0.05) is 32.2 Å². The van der Waals surface area contributed by atoms with Crippen molar-refractivity contribution in [2.24, 2.45) is 0 Å². The number of nitro groups is 1. The Bertz CT molecular complexity index is 1170. The summed E-state index contributed by atoms with van der Waals surface area (Å²) in [5, 5.41) is 11.2. The summed E-state index contributed by atoms with van der Waals surface area (Å²) in [6.45, 7) is 2.25. The van der Waals surface area contributed by atoms with Crippen LogP contribution in [0.3, 0.4) is 0 Å². The average Bonchev–Trinajstić information content (AvgIpc) is 2.82. The van der Waals surface area contributed by atoms with Crippen molar-refractivity contribution in [3.8, 4) is 5.75 Å². The topological polar surface area (TPSA) is 110 Å². The second-order valence-electron chi connectivity index (χ2n) is 8.44. The number of amides is 1. The van der Waals surface area contributed by atoms with E-state index in [1.165, 1.54) is 26.9 Å². The van der Waals surface area contributed by atoms with E-state index < -0.39 is 14.9 Å². The molecule has 10 heteroatoms. The molecule has 176 valence electrons. The van der Waals surface area contributed by atoms with E-state index in [2.05, 4.69) is 0 Å². The number of fused-ring (bicyclic) bond motifs is 1. The predicted octanol–water partition coefficient (Wildman–Crippen LogP) is 2.69. The van der Waals surface area contributed by atoms with Gasteiger partial charge in [0.15, 0.2) is 12.4 Å². The minimum atomic E-state index is -3.63. The number of hydrogen-bond donors (Lipinski definition) is 0. The molecule has 2 aliphatic rings. The van der Waals surface area contributed by atoms with E-state index in [-0.39, 0.29) is 50.1 Å². The summed E-state index contributed by atoms with van der Waals surface area (Å²) in [5.74, 6) is -0.303. The van der Waals surface area contributed by atoms with Crippen molar-refractivity contribution in [3.63, 3.8) is 0 Å². The van der Waals surface area contributed by atoms with E-state index in [0.717, 1.165) is 36.8 Å². The van der Waals surface area contributed by atoms with Crippen LogP contribution in [0.4, 0.5) is 5.69 Å². The van der Waals surface area contributed by atoms with Crippen molar-refractivity contribution < 1.29 is 22.9 Å². The quantitative estimate of drug-likeness (QED) is 0.471. The SMILES string of the molecule is Cc1ccc(OCC(=O)N2CCN(S(=O)(=O)c3ccc4c(c3)CCCC4)CC2)c([N+](=O)[O-])c1. The maximum absolute atomic E-state index is 13.1. The molecule has 0 bridgehead atoms. The van der Waals surface area contributed by atoms with Crippen molar-refractivity contribution in [3.05, 3.63) is 63.2 Å².